The van der Waals surface area contributed by atoms with E-state index in [0.29, 0.717) is 17.1 Å². The highest BCUT2D eigenvalue weighted by atomic mass is 16.5. The van der Waals surface area contributed by atoms with E-state index in [0.717, 1.165) is 5.56 Å². The fourth-order valence-corrected chi connectivity index (χ4v) is 2.27. The number of aliphatic hydroxyl groups excluding tert-OH is 1. The standard InChI is InChI=1S/C19H20O6/c1-12(20)25-19-10-14(21)6-8-16(19)17(22)9-5-13-4-7-15(23-2)11-18(13)24-3/h4-11,17,21-22H,1-3H3. The molecule has 6 nitrogen and oxygen atoms in total. The van der Waals surface area contributed by atoms with Crippen LogP contribution in [0.2, 0.25) is 0 Å². The minimum absolute atomic E-state index is 0.0620. The number of aliphatic hydroxyl groups is 1. The molecule has 1 unspecified atom stereocenters. The summed E-state index contributed by atoms with van der Waals surface area (Å²) in [6.45, 7) is 1.25. The lowest BCUT2D eigenvalue weighted by Crippen LogP contribution is -2.05. The van der Waals surface area contributed by atoms with Crippen LogP contribution in [0.3, 0.4) is 0 Å². The molecule has 0 aliphatic heterocycles. The van der Waals surface area contributed by atoms with Crippen LogP contribution >= 0.6 is 0 Å². The number of carbonyl (C=O) groups is 1. The highest BCUT2D eigenvalue weighted by Gasteiger charge is 2.14. The molecule has 0 spiro atoms. The van der Waals surface area contributed by atoms with E-state index in [2.05, 4.69) is 0 Å². The Morgan fingerprint density at radius 1 is 1.08 bits per heavy atom. The monoisotopic (exact) mass is 344 g/mol. The van der Waals surface area contributed by atoms with Crippen molar-refractivity contribution in [3.8, 4) is 23.0 Å². The van der Waals surface area contributed by atoms with Crippen molar-refractivity contribution in [2.75, 3.05) is 14.2 Å². The molecular weight excluding hydrogens is 324 g/mol. The molecule has 0 radical (unpaired) electrons. The molecule has 0 aliphatic rings. The molecule has 0 saturated heterocycles. The van der Waals surface area contributed by atoms with Crippen LogP contribution in [0.5, 0.6) is 23.0 Å². The van der Waals surface area contributed by atoms with Crippen LogP contribution in [-0.4, -0.2) is 30.4 Å². The molecule has 0 bridgehead atoms. The first kappa shape index (κ1) is 18.4. The Morgan fingerprint density at radius 2 is 1.84 bits per heavy atom. The van der Waals surface area contributed by atoms with E-state index < -0.39 is 12.1 Å². The van der Waals surface area contributed by atoms with Gasteiger partial charge in [-0.25, -0.2) is 0 Å². The third-order valence-electron chi connectivity index (χ3n) is 3.47. The Kier molecular flexibility index (Phi) is 6.03. The number of hydrogen-bond acceptors (Lipinski definition) is 6. The van der Waals surface area contributed by atoms with Gasteiger partial charge < -0.3 is 24.4 Å². The summed E-state index contributed by atoms with van der Waals surface area (Å²) in [6, 6.07) is 9.49. The maximum Gasteiger partial charge on any atom is 0.308 e. The lowest BCUT2D eigenvalue weighted by molar-refractivity contribution is -0.131. The molecule has 0 saturated carbocycles. The quantitative estimate of drug-likeness (QED) is 0.619. The number of aromatic hydroxyl groups is 1. The number of ether oxygens (including phenoxy) is 3. The smallest absolute Gasteiger partial charge is 0.308 e. The second-order valence-corrected chi connectivity index (χ2v) is 5.23. The van der Waals surface area contributed by atoms with Crippen LogP contribution < -0.4 is 14.2 Å². The predicted molar refractivity (Wildman–Crippen MR) is 93.0 cm³/mol. The average molecular weight is 344 g/mol. The number of methoxy groups -OCH3 is 2. The number of benzene rings is 2. The van der Waals surface area contributed by atoms with Gasteiger partial charge in [-0.1, -0.05) is 12.2 Å². The number of rotatable bonds is 6. The van der Waals surface area contributed by atoms with Crippen molar-refractivity contribution in [3.05, 3.63) is 53.6 Å². The van der Waals surface area contributed by atoms with Crippen LogP contribution in [0.25, 0.3) is 6.08 Å². The van der Waals surface area contributed by atoms with Gasteiger partial charge in [0.15, 0.2) is 0 Å². The minimum atomic E-state index is -1.04. The first-order chi connectivity index (χ1) is 11.9. The Bertz CT molecular complexity index is 781. The van der Waals surface area contributed by atoms with Crippen molar-refractivity contribution >= 4 is 12.0 Å². The molecule has 132 valence electrons. The summed E-state index contributed by atoms with van der Waals surface area (Å²) in [5.74, 6) is 0.748. The normalized spacial score (nSPS) is 12.0. The van der Waals surface area contributed by atoms with Crippen molar-refractivity contribution in [3.63, 3.8) is 0 Å². The summed E-state index contributed by atoms with van der Waals surface area (Å²) in [6.07, 6.45) is 2.18. The molecule has 0 aliphatic carbocycles. The SMILES string of the molecule is COc1ccc(C=CC(O)c2ccc(O)cc2OC(C)=O)c(OC)c1. The van der Waals surface area contributed by atoms with Gasteiger partial charge in [0.1, 0.15) is 29.1 Å². The first-order valence-corrected chi connectivity index (χ1v) is 7.54. The van der Waals surface area contributed by atoms with E-state index in [9.17, 15) is 15.0 Å². The minimum Gasteiger partial charge on any atom is -0.508 e. The topological polar surface area (TPSA) is 85.2 Å². The highest BCUT2D eigenvalue weighted by Crippen LogP contribution is 2.31. The van der Waals surface area contributed by atoms with Crippen LogP contribution in [0.1, 0.15) is 24.2 Å². The summed E-state index contributed by atoms with van der Waals surface area (Å²) in [5.41, 5.74) is 1.10. The third-order valence-corrected chi connectivity index (χ3v) is 3.47. The van der Waals surface area contributed by atoms with E-state index in [4.69, 9.17) is 14.2 Å². The van der Waals surface area contributed by atoms with E-state index in [1.54, 1.807) is 38.5 Å². The van der Waals surface area contributed by atoms with E-state index in [1.165, 1.54) is 31.2 Å². The molecule has 2 N–H and O–H groups in total. The Morgan fingerprint density at radius 3 is 2.48 bits per heavy atom. The van der Waals surface area contributed by atoms with Gasteiger partial charge in [-0.2, -0.15) is 0 Å². The second kappa shape index (κ2) is 8.21. The van der Waals surface area contributed by atoms with Crippen LogP contribution in [0, 0.1) is 0 Å². The zero-order chi connectivity index (χ0) is 18.4. The summed E-state index contributed by atoms with van der Waals surface area (Å²) < 4.78 is 15.5. The summed E-state index contributed by atoms with van der Waals surface area (Å²) in [4.78, 5) is 11.2. The molecule has 25 heavy (non-hydrogen) atoms. The van der Waals surface area contributed by atoms with Crippen LogP contribution in [0.15, 0.2) is 42.5 Å². The number of phenols is 1. The van der Waals surface area contributed by atoms with Crippen molar-refractivity contribution in [1.82, 2.24) is 0 Å². The van der Waals surface area contributed by atoms with Crippen molar-refractivity contribution in [2.45, 2.75) is 13.0 Å². The Hall–Kier alpha value is -2.99. The zero-order valence-electron chi connectivity index (χ0n) is 14.2. The van der Waals surface area contributed by atoms with Gasteiger partial charge in [0.05, 0.1) is 14.2 Å². The maximum absolute atomic E-state index is 11.2. The van der Waals surface area contributed by atoms with E-state index in [-0.39, 0.29) is 11.5 Å². The summed E-state index contributed by atoms with van der Waals surface area (Å²) >= 11 is 0. The van der Waals surface area contributed by atoms with Gasteiger partial charge in [0.25, 0.3) is 0 Å². The fraction of sp³-hybridized carbons (Fsp3) is 0.211. The largest absolute Gasteiger partial charge is 0.508 e. The summed E-state index contributed by atoms with van der Waals surface area (Å²) in [7, 11) is 3.11. The van der Waals surface area contributed by atoms with Crippen LogP contribution in [-0.2, 0) is 4.79 Å². The number of carbonyl (C=O) groups excluding carboxylic acids is 1. The number of esters is 1. The molecule has 2 rings (SSSR count). The van der Waals surface area contributed by atoms with E-state index >= 15 is 0 Å². The molecule has 0 fully saturated rings. The molecule has 1 atom stereocenters. The third kappa shape index (κ3) is 4.74. The Balaban J connectivity index is 2.29. The van der Waals surface area contributed by atoms with Gasteiger partial charge in [-0.15, -0.1) is 0 Å². The zero-order valence-corrected chi connectivity index (χ0v) is 14.2. The summed E-state index contributed by atoms with van der Waals surface area (Å²) in [5, 5.41) is 19.9. The van der Waals surface area contributed by atoms with E-state index in [1.807, 2.05) is 0 Å². The van der Waals surface area contributed by atoms with Gasteiger partial charge >= 0.3 is 5.97 Å². The molecule has 2 aromatic carbocycles. The van der Waals surface area contributed by atoms with Gasteiger partial charge in [-0.3, -0.25) is 4.79 Å². The van der Waals surface area contributed by atoms with Crippen molar-refractivity contribution in [1.29, 1.82) is 0 Å². The first-order valence-electron chi connectivity index (χ1n) is 7.54. The molecule has 0 aromatic heterocycles. The highest BCUT2D eigenvalue weighted by molar-refractivity contribution is 5.70. The molecular formula is C19H20O6. The molecule has 2 aromatic rings. The Labute approximate surface area is 145 Å². The average Bonchev–Trinajstić information content (AvgIpc) is 2.59. The predicted octanol–water partition coefficient (Wildman–Crippen LogP) is 3.08. The lowest BCUT2D eigenvalue weighted by Gasteiger charge is -2.13. The van der Waals surface area contributed by atoms with Crippen molar-refractivity contribution < 1.29 is 29.2 Å². The van der Waals surface area contributed by atoms with Gasteiger partial charge in [0.2, 0.25) is 0 Å². The van der Waals surface area contributed by atoms with Crippen LogP contribution in [0.4, 0.5) is 0 Å². The fourth-order valence-electron chi connectivity index (χ4n) is 2.27. The molecule has 0 heterocycles. The number of hydrogen-bond donors (Lipinski definition) is 2. The molecule has 0 amide bonds. The van der Waals surface area contributed by atoms with Gasteiger partial charge in [-0.05, 0) is 24.3 Å². The molecule has 6 heteroatoms. The van der Waals surface area contributed by atoms with Gasteiger partial charge in [0, 0.05) is 30.2 Å². The lowest BCUT2D eigenvalue weighted by atomic mass is 10.1. The number of phenolic OH excluding ortho intramolecular Hbond substituents is 1. The maximum atomic E-state index is 11.2. The second-order valence-electron chi connectivity index (χ2n) is 5.23. The van der Waals surface area contributed by atoms with Crippen molar-refractivity contribution in [2.24, 2.45) is 0 Å².